The van der Waals surface area contributed by atoms with Gasteiger partial charge in [-0.3, -0.25) is 4.79 Å². The minimum absolute atomic E-state index is 0.100. The van der Waals surface area contributed by atoms with Crippen LogP contribution in [0.2, 0.25) is 0 Å². The van der Waals surface area contributed by atoms with Crippen molar-refractivity contribution in [3.63, 3.8) is 0 Å². The summed E-state index contributed by atoms with van der Waals surface area (Å²) in [7, 11) is 1.88. The highest BCUT2D eigenvalue weighted by Gasteiger charge is 2.11. The normalized spacial score (nSPS) is 11.7. The third-order valence-corrected chi connectivity index (χ3v) is 2.68. The first-order valence-corrected chi connectivity index (χ1v) is 6.96. The van der Waals surface area contributed by atoms with E-state index in [-0.39, 0.29) is 11.8 Å². The number of carbonyl (C=O) groups excluding carboxylic acids is 1. The Morgan fingerprint density at radius 2 is 1.83 bits per heavy atom. The van der Waals surface area contributed by atoms with Crippen molar-refractivity contribution >= 4 is 5.91 Å². The van der Waals surface area contributed by atoms with Crippen LogP contribution in [0.1, 0.15) is 47.0 Å². The number of allylic oxidation sites excluding steroid dienone is 1. The highest BCUT2D eigenvalue weighted by atomic mass is 16.5. The van der Waals surface area contributed by atoms with E-state index >= 15 is 0 Å². The minimum atomic E-state index is 0.100. The van der Waals surface area contributed by atoms with Gasteiger partial charge in [0.05, 0.1) is 12.7 Å². The van der Waals surface area contributed by atoms with Crippen LogP contribution in [0.25, 0.3) is 0 Å². The van der Waals surface area contributed by atoms with Crippen LogP contribution < -0.4 is 0 Å². The summed E-state index contributed by atoms with van der Waals surface area (Å²) >= 11 is 0. The monoisotopic (exact) mass is 255 g/mol. The van der Waals surface area contributed by atoms with Gasteiger partial charge < -0.3 is 9.64 Å². The fourth-order valence-corrected chi connectivity index (χ4v) is 1.60. The van der Waals surface area contributed by atoms with E-state index in [4.69, 9.17) is 4.74 Å². The molecule has 0 spiro atoms. The van der Waals surface area contributed by atoms with Gasteiger partial charge in [0.2, 0.25) is 5.91 Å². The second kappa shape index (κ2) is 10.1. The zero-order valence-corrected chi connectivity index (χ0v) is 12.6. The molecule has 0 bridgehead atoms. The SMILES string of the molecule is CC(C)OCC=CCCCCN(C)C(=O)C(C)C. The molecule has 0 unspecified atom stereocenters. The smallest absolute Gasteiger partial charge is 0.224 e. The lowest BCUT2D eigenvalue weighted by atomic mass is 10.1. The Bertz CT molecular complexity index is 247. The molecular formula is C15H29NO2. The van der Waals surface area contributed by atoms with Crippen LogP contribution in [-0.4, -0.2) is 37.1 Å². The maximum Gasteiger partial charge on any atom is 0.224 e. The van der Waals surface area contributed by atoms with Crippen molar-refractivity contribution in [1.82, 2.24) is 4.90 Å². The van der Waals surface area contributed by atoms with Crippen LogP contribution in [0.15, 0.2) is 12.2 Å². The Balaban J connectivity index is 3.48. The van der Waals surface area contributed by atoms with Gasteiger partial charge in [0.25, 0.3) is 0 Å². The molecule has 0 aromatic heterocycles. The molecule has 1 amide bonds. The quantitative estimate of drug-likeness (QED) is 0.467. The number of rotatable bonds is 9. The van der Waals surface area contributed by atoms with Crippen LogP contribution in [0.3, 0.4) is 0 Å². The lowest BCUT2D eigenvalue weighted by Crippen LogP contribution is -2.31. The number of hydrogen-bond donors (Lipinski definition) is 0. The Morgan fingerprint density at radius 1 is 1.17 bits per heavy atom. The summed E-state index contributed by atoms with van der Waals surface area (Å²) in [5.74, 6) is 0.332. The molecule has 0 rings (SSSR count). The zero-order chi connectivity index (χ0) is 14.0. The molecule has 0 saturated carbocycles. The first kappa shape index (κ1) is 17.2. The third kappa shape index (κ3) is 9.23. The number of carbonyl (C=O) groups is 1. The minimum Gasteiger partial charge on any atom is -0.375 e. The molecule has 0 fully saturated rings. The van der Waals surface area contributed by atoms with Gasteiger partial charge in [-0.15, -0.1) is 0 Å². The largest absolute Gasteiger partial charge is 0.375 e. The molecular weight excluding hydrogens is 226 g/mol. The molecule has 0 saturated heterocycles. The van der Waals surface area contributed by atoms with E-state index in [1.54, 1.807) is 0 Å². The highest BCUT2D eigenvalue weighted by Crippen LogP contribution is 2.03. The molecule has 106 valence electrons. The molecule has 0 aliphatic rings. The standard InChI is InChI=1S/C15H29NO2/c1-13(2)15(17)16(5)11-9-7-6-8-10-12-18-14(3)4/h8,10,13-14H,6-7,9,11-12H2,1-5H3. The number of amides is 1. The van der Waals surface area contributed by atoms with Crippen molar-refractivity contribution in [1.29, 1.82) is 0 Å². The van der Waals surface area contributed by atoms with Gasteiger partial charge in [-0.25, -0.2) is 0 Å². The van der Waals surface area contributed by atoms with E-state index < -0.39 is 0 Å². The summed E-state index contributed by atoms with van der Waals surface area (Å²) in [6.45, 7) is 9.51. The molecule has 0 aromatic carbocycles. The van der Waals surface area contributed by atoms with E-state index in [1.165, 1.54) is 0 Å². The number of hydrogen-bond acceptors (Lipinski definition) is 2. The van der Waals surface area contributed by atoms with E-state index in [9.17, 15) is 4.79 Å². The molecule has 3 heteroatoms. The van der Waals surface area contributed by atoms with Gasteiger partial charge in [-0.05, 0) is 33.1 Å². The summed E-state index contributed by atoms with van der Waals surface area (Å²) in [6, 6.07) is 0. The molecule has 0 N–H and O–H groups in total. The van der Waals surface area contributed by atoms with Crippen molar-refractivity contribution in [2.75, 3.05) is 20.2 Å². The van der Waals surface area contributed by atoms with Crippen molar-refractivity contribution < 1.29 is 9.53 Å². The Labute approximate surface area is 112 Å². The van der Waals surface area contributed by atoms with Crippen molar-refractivity contribution in [3.8, 4) is 0 Å². The molecule has 0 aromatic rings. The summed E-state index contributed by atoms with van der Waals surface area (Å²) < 4.78 is 5.40. The fourth-order valence-electron chi connectivity index (χ4n) is 1.60. The van der Waals surface area contributed by atoms with Crippen molar-refractivity contribution in [2.45, 2.75) is 53.1 Å². The topological polar surface area (TPSA) is 29.5 Å². The number of unbranched alkanes of at least 4 members (excludes halogenated alkanes) is 2. The molecule has 0 aliphatic carbocycles. The fraction of sp³-hybridized carbons (Fsp3) is 0.800. The highest BCUT2D eigenvalue weighted by molar-refractivity contribution is 5.77. The number of ether oxygens (including phenoxy) is 1. The first-order chi connectivity index (χ1) is 8.45. The molecule has 0 aliphatic heterocycles. The van der Waals surface area contributed by atoms with Crippen LogP contribution in [0, 0.1) is 5.92 Å². The van der Waals surface area contributed by atoms with Gasteiger partial charge in [-0.1, -0.05) is 26.0 Å². The third-order valence-electron chi connectivity index (χ3n) is 2.68. The summed E-state index contributed by atoms with van der Waals surface area (Å²) in [6.07, 6.45) is 7.77. The van der Waals surface area contributed by atoms with Crippen LogP contribution >= 0.6 is 0 Å². The predicted octanol–water partition coefficient (Wildman–Crippen LogP) is 3.25. The lowest BCUT2D eigenvalue weighted by Gasteiger charge is -2.18. The Hall–Kier alpha value is -0.830. The molecule has 3 nitrogen and oxygen atoms in total. The first-order valence-electron chi connectivity index (χ1n) is 6.96. The molecule has 0 atom stereocenters. The maximum atomic E-state index is 11.6. The Kier molecular flexibility index (Phi) is 9.66. The average Bonchev–Trinajstić information content (AvgIpc) is 2.30. The van der Waals surface area contributed by atoms with E-state index in [2.05, 4.69) is 12.2 Å². The average molecular weight is 255 g/mol. The molecule has 0 heterocycles. The van der Waals surface area contributed by atoms with Crippen molar-refractivity contribution in [2.24, 2.45) is 5.92 Å². The van der Waals surface area contributed by atoms with Crippen LogP contribution in [-0.2, 0) is 9.53 Å². The van der Waals surface area contributed by atoms with E-state index in [1.807, 2.05) is 39.6 Å². The van der Waals surface area contributed by atoms with E-state index in [0.717, 1.165) is 25.8 Å². The lowest BCUT2D eigenvalue weighted by molar-refractivity contribution is -0.133. The number of nitrogens with zero attached hydrogens (tertiary/aromatic N) is 1. The molecule has 0 radical (unpaired) electrons. The van der Waals surface area contributed by atoms with Crippen molar-refractivity contribution in [3.05, 3.63) is 12.2 Å². The van der Waals surface area contributed by atoms with Crippen LogP contribution in [0.5, 0.6) is 0 Å². The Morgan fingerprint density at radius 3 is 2.39 bits per heavy atom. The van der Waals surface area contributed by atoms with Gasteiger partial charge in [0.1, 0.15) is 0 Å². The van der Waals surface area contributed by atoms with Gasteiger partial charge in [0, 0.05) is 19.5 Å². The van der Waals surface area contributed by atoms with Gasteiger partial charge in [0.15, 0.2) is 0 Å². The summed E-state index contributed by atoms with van der Waals surface area (Å²) in [5, 5.41) is 0. The predicted molar refractivity (Wildman–Crippen MR) is 76.6 cm³/mol. The maximum absolute atomic E-state index is 11.6. The second-order valence-corrected chi connectivity index (χ2v) is 5.26. The van der Waals surface area contributed by atoms with Gasteiger partial charge in [-0.2, -0.15) is 0 Å². The summed E-state index contributed by atoms with van der Waals surface area (Å²) in [5.41, 5.74) is 0. The summed E-state index contributed by atoms with van der Waals surface area (Å²) in [4.78, 5) is 13.4. The van der Waals surface area contributed by atoms with Gasteiger partial charge >= 0.3 is 0 Å². The van der Waals surface area contributed by atoms with E-state index in [0.29, 0.717) is 12.7 Å². The molecule has 18 heavy (non-hydrogen) atoms. The second-order valence-electron chi connectivity index (χ2n) is 5.26. The zero-order valence-electron chi connectivity index (χ0n) is 12.6. The van der Waals surface area contributed by atoms with Crippen LogP contribution in [0.4, 0.5) is 0 Å².